The Balaban J connectivity index is 1.96. The van der Waals surface area contributed by atoms with Gasteiger partial charge in [-0.15, -0.1) is 0 Å². The molecule has 0 aromatic heterocycles. The van der Waals surface area contributed by atoms with Crippen molar-refractivity contribution in [1.82, 2.24) is 24.9 Å². The van der Waals surface area contributed by atoms with Crippen LogP contribution in [0.3, 0.4) is 0 Å². The topological polar surface area (TPSA) is 249 Å². The average Bonchev–Trinajstić information content (AvgIpc) is 3.10. The molecule has 1 fully saturated rings. The van der Waals surface area contributed by atoms with Gasteiger partial charge in [-0.05, 0) is 36.3 Å². The predicted molar refractivity (Wildman–Crippen MR) is 202 cm³/mol. The zero-order chi connectivity index (χ0) is 39.6. The van der Waals surface area contributed by atoms with Gasteiger partial charge < -0.3 is 55.7 Å². The summed E-state index contributed by atoms with van der Waals surface area (Å²) in [4.78, 5) is 53.7. The minimum atomic E-state index is -1.07. The van der Waals surface area contributed by atoms with Crippen molar-refractivity contribution in [3.05, 3.63) is 29.8 Å². The van der Waals surface area contributed by atoms with Crippen LogP contribution in [0.25, 0.3) is 0 Å². The third kappa shape index (κ3) is 22.6. The highest BCUT2D eigenvalue weighted by Crippen LogP contribution is 2.16. The van der Waals surface area contributed by atoms with Crippen LogP contribution >= 0.6 is 12.2 Å². The molecule has 1 aliphatic rings. The molecular formula is C34H57N7O12S. The number of rotatable bonds is 25. The summed E-state index contributed by atoms with van der Waals surface area (Å²) >= 11 is 5.41. The van der Waals surface area contributed by atoms with Crippen LogP contribution in [0.5, 0.6) is 0 Å². The van der Waals surface area contributed by atoms with Gasteiger partial charge in [-0.3, -0.25) is 38.8 Å². The molecule has 0 aliphatic carbocycles. The normalized spacial score (nSPS) is 16.9. The van der Waals surface area contributed by atoms with E-state index >= 15 is 0 Å². The van der Waals surface area contributed by atoms with Crippen molar-refractivity contribution >= 4 is 46.9 Å². The molecule has 1 aromatic carbocycles. The standard InChI is InChI=1S/C34H57N7O12S/c35-5-13-50-15-17-52-19-20-53-18-16-51-14-6-36-34(54)37-28-3-1-27(2-4-28)21-29-22-40(25-32(46)47)10-9-38(23-30(42)43)7-8-39(24-31(44)45)11-12-41(29)26-33(48)49/h1-4,29H,5-26,35H2,(H,42,43)(H,44,45)(H,46,47)(H,48,49)(H2,36,37,54). The highest BCUT2D eigenvalue weighted by molar-refractivity contribution is 7.80. The summed E-state index contributed by atoms with van der Waals surface area (Å²) in [6.45, 7) is 4.93. The van der Waals surface area contributed by atoms with Gasteiger partial charge in [-0.25, -0.2) is 0 Å². The molecule has 1 aliphatic heterocycles. The maximum absolute atomic E-state index is 12.0. The fraction of sp³-hybridized carbons (Fsp3) is 0.676. The third-order valence-electron chi connectivity index (χ3n) is 8.16. The van der Waals surface area contributed by atoms with Crippen molar-refractivity contribution in [3.8, 4) is 0 Å². The SMILES string of the molecule is NCCOCCOCCOCCOCCNC(=S)Nc1ccc(CC2CN(CC(=O)O)CCN(CC(=O)O)CCN(CC(=O)O)CCN2CC(=O)O)cc1. The van der Waals surface area contributed by atoms with Crippen LogP contribution in [0.1, 0.15) is 5.56 Å². The van der Waals surface area contributed by atoms with E-state index in [1.165, 1.54) is 0 Å². The number of thiocarbonyl (C=S) groups is 1. The molecule has 1 aromatic rings. The van der Waals surface area contributed by atoms with Gasteiger partial charge in [0.1, 0.15) is 0 Å². The first-order valence-corrected chi connectivity index (χ1v) is 18.3. The minimum Gasteiger partial charge on any atom is -0.480 e. The fourth-order valence-electron chi connectivity index (χ4n) is 5.61. The lowest BCUT2D eigenvalue weighted by Crippen LogP contribution is -2.53. The first kappa shape index (κ1) is 46.6. The number of carboxylic acids is 4. The van der Waals surface area contributed by atoms with Gasteiger partial charge in [-0.1, -0.05) is 12.1 Å². The molecule has 0 spiro atoms. The van der Waals surface area contributed by atoms with Crippen LogP contribution in [0.4, 0.5) is 5.69 Å². The van der Waals surface area contributed by atoms with Gasteiger partial charge in [0.25, 0.3) is 0 Å². The quantitative estimate of drug-likeness (QED) is 0.0439. The van der Waals surface area contributed by atoms with Crippen molar-refractivity contribution in [2.75, 3.05) is 143 Å². The third-order valence-corrected chi connectivity index (χ3v) is 8.41. The Morgan fingerprint density at radius 1 is 0.648 bits per heavy atom. The molecule has 54 heavy (non-hydrogen) atoms. The lowest BCUT2D eigenvalue weighted by Gasteiger charge is -2.37. The van der Waals surface area contributed by atoms with Crippen LogP contribution in [0, 0.1) is 0 Å². The summed E-state index contributed by atoms with van der Waals surface area (Å²) in [5.74, 6) is -4.25. The van der Waals surface area contributed by atoms with Gasteiger partial charge in [0.05, 0.1) is 79.0 Å². The lowest BCUT2D eigenvalue weighted by atomic mass is 10.0. The van der Waals surface area contributed by atoms with E-state index < -0.39 is 29.9 Å². The largest absolute Gasteiger partial charge is 0.480 e. The number of nitrogens with two attached hydrogens (primary N) is 1. The maximum Gasteiger partial charge on any atom is 0.317 e. The summed E-state index contributed by atoms with van der Waals surface area (Å²) in [6, 6.07) is 6.94. The number of carbonyl (C=O) groups is 4. The lowest BCUT2D eigenvalue weighted by molar-refractivity contribution is -0.142. The van der Waals surface area contributed by atoms with Gasteiger partial charge in [0, 0.05) is 70.6 Å². The van der Waals surface area contributed by atoms with Gasteiger partial charge in [0.2, 0.25) is 0 Å². The van der Waals surface area contributed by atoms with Crippen molar-refractivity contribution in [3.63, 3.8) is 0 Å². The van der Waals surface area contributed by atoms with E-state index in [4.69, 9.17) is 36.9 Å². The zero-order valence-corrected chi connectivity index (χ0v) is 31.6. The molecule has 20 heteroatoms. The van der Waals surface area contributed by atoms with Gasteiger partial charge >= 0.3 is 23.9 Å². The van der Waals surface area contributed by atoms with Crippen LogP contribution in [-0.2, 0) is 44.5 Å². The molecule has 1 saturated heterocycles. The van der Waals surface area contributed by atoms with E-state index in [-0.39, 0.29) is 72.0 Å². The number of anilines is 1. The second-order valence-corrected chi connectivity index (χ2v) is 12.9. The molecule has 1 atom stereocenters. The summed E-state index contributed by atoms with van der Waals surface area (Å²) in [7, 11) is 0. The van der Waals surface area contributed by atoms with E-state index in [2.05, 4.69) is 10.6 Å². The number of aliphatic carboxylic acids is 4. The molecular weight excluding hydrogens is 730 g/mol. The molecule has 1 heterocycles. The van der Waals surface area contributed by atoms with Gasteiger partial charge in [0.15, 0.2) is 5.11 Å². The first-order valence-electron chi connectivity index (χ1n) is 17.9. The first-order chi connectivity index (χ1) is 25.9. The fourth-order valence-corrected chi connectivity index (χ4v) is 5.83. The van der Waals surface area contributed by atoms with Crippen molar-refractivity contribution in [2.24, 2.45) is 5.73 Å². The molecule has 306 valence electrons. The van der Waals surface area contributed by atoms with Crippen LogP contribution in [0.15, 0.2) is 24.3 Å². The molecule has 0 bridgehead atoms. The number of benzene rings is 1. The number of nitrogens with zero attached hydrogens (tertiary/aromatic N) is 4. The maximum atomic E-state index is 12.0. The molecule has 1 unspecified atom stereocenters. The van der Waals surface area contributed by atoms with E-state index in [1.54, 1.807) is 19.6 Å². The van der Waals surface area contributed by atoms with Crippen molar-refractivity contribution in [2.45, 2.75) is 12.5 Å². The van der Waals surface area contributed by atoms with E-state index in [0.717, 1.165) is 11.3 Å². The Bertz CT molecular complexity index is 1270. The Labute approximate surface area is 321 Å². The molecule has 0 saturated carbocycles. The Morgan fingerprint density at radius 3 is 1.59 bits per heavy atom. The molecule has 0 amide bonds. The number of nitrogens with one attached hydrogen (secondary N) is 2. The summed E-state index contributed by atoms with van der Waals surface area (Å²) in [5, 5.41) is 45.0. The second kappa shape index (κ2) is 27.9. The Hall–Kier alpha value is -3.57. The summed E-state index contributed by atoms with van der Waals surface area (Å²) in [5.41, 5.74) is 6.92. The average molecular weight is 788 g/mol. The van der Waals surface area contributed by atoms with E-state index in [1.807, 2.05) is 24.3 Å². The number of hydrogen-bond donors (Lipinski definition) is 7. The highest BCUT2D eigenvalue weighted by Gasteiger charge is 2.27. The van der Waals surface area contributed by atoms with Crippen LogP contribution in [0.2, 0.25) is 0 Å². The monoisotopic (exact) mass is 787 g/mol. The van der Waals surface area contributed by atoms with E-state index in [9.17, 15) is 39.6 Å². The molecule has 2 rings (SSSR count). The smallest absolute Gasteiger partial charge is 0.317 e. The zero-order valence-electron chi connectivity index (χ0n) is 30.8. The van der Waals surface area contributed by atoms with E-state index in [0.29, 0.717) is 77.5 Å². The van der Waals surface area contributed by atoms with Crippen LogP contribution < -0.4 is 16.4 Å². The summed E-state index contributed by atoms with van der Waals surface area (Å²) < 4.78 is 21.6. The number of ether oxygens (including phenoxy) is 4. The molecule has 0 radical (unpaired) electrons. The van der Waals surface area contributed by atoms with Crippen molar-refractivity contribution in [1.29, 1.82) is 0 Å². The number of hydrogen-bond acceptors (Lipinski definition) is 14. The highest BCUT2D eigenvalue weighted by atomic mass is 32.1. The molecule has 19 nitrogen and oxygen atoms in total. The summed E-state index contributed by atoms with van der Waals surface area (Å²) in [6.07, 6.45) is 0.364. The minimum absolute atomic E-state index is 0.182. The van der Waals surface area contributed by atoms with Gasteiger partial charge in [-0.2, -0.15) is 0 Å². The molecule has 8 N–H and O–H groups in total. The second-order valence-electron chi connectivity index (χ2n) is 12.5. The Kier molecular flexibility index (Phi) is 24.1. The Morgan fingerprint density at radius 2 is 1.09 bits per heavy atom. The van der Waals surface area contributed by atoms with Crippen LogP contribution in [-0.4, -0.2) is 213 Å². The predicted octanol–water partition coefficient (Wildman–Crippen LogP) is -1.53. The number of carboxylic acid groups (broad SMARTS) is 4. The van der Waals surface area contributed by atoms with Crippen molar-refractivity contribution < 1.29 is 58.6 Å².